The van der Waals surface area contributed by atoms with Crippen molar-refractivity contribution < 1.29 is 9.53 Å². The van der Waals surface area contributed by atoms with Crippen LogP contribution < -0.4 is 15.4 Å². The van der Waals surface area contributed by atoms with E-state index in [-0.39, 0.29) is 5.91 Å². The van der Waals surface area contributed by atoms with E-state index in [1.54, 1.807) is 13.2 Å². The minimum atomic E-state index is -0.286. The van der Waals surface area contributed by atoms with Gasteiger partial charge in [0.05, 0.1) is 12.8 Å². The van der Waals surface area contributed by atoms with Crippen LogP contribution >= 0.6 is 0 Å². The number of carbonyl (C=O) groups excluding carboxylic acids is 1. The molecule has 1 aromatic carbocycles. The zero-order chi connectivity index (χ0) is 18.2. The maximum atomic E-state index is 12.6. The number of hydrogen-bond donors (Lipinski definition) is 2. The fraction of sp³-hybridized carbons (Fsp3) is 0.421. The lowest BCUT2D eigenvalue weighted by molar-refractivity contribution is 0.102. The van der Waals surface area contributed by atoms with E-state index in [0.29, 0.717) is 23.1 Å². The summed E-state index contributed by atoms with van der Waals surface area (Å²) in [6, 6.07) is 7.31. The van der Waals surface area contributed by atoms with Crippen molar-refractivity contribution in [2.75, 3.05) is 24.3 Å². The van der Waals surface area contributed by atoms with Gasteiger partial charge in [-0.1, -0.05) is 25.8 Å². The van der Waals surface area contributed by atoms with E-state index in [1.807, 2.05) is 32.0 Å². The number of methoxy groups -OCH3 is 1. The van der Waals surface area contributed by atoms with Crippen LogP contribution in [0.1, 0.15) is 47.9 Å². The summed E-state index contributed by atoms with van der Waals surface area (Å²) < 4.78 is 5.30. The smallest absolute Gasteiger partial charge is 0.274 e. The molecule has 6 heteroatoms. The fourth-order valence-electron chi connectivity index (χ4n) is 2.44. The number of aromatic nitrogens is 2. The Balaban J connectivity index is 2.13. The summed E-state index contributed by atoms with van der Waals surface area (Å²) in [6.45, 7) is 6.76. The minimum Gasteiger partial charge on any atom is -0.495 e. The number of carbonyl (C=O) groups is 1. The molecule has 1 amide bonds. The van der Waals surface area contributed by atoms with Crippen LogP contribution in [0, 0.1) is 13.8 Å². The van der Waals surface area contributed by atoms with Gasteiger partial charge in [0.1, 0.15) is 11.4 Å². The molecule has 2 N–H and O–H groups in total. The van der Waals surface area contributed by atoms with E-state index >= 15 is 0 Å². The van der Waals surface area contributed by atoms with Crippen molar-refractivity contribution in [1.82, 2.24) is 9.97 Å². The quantitative estimate of drug-likeness (QED) is 0.710. The highest BCUT2D eigenvalue weighted by Crippen LogP contribution is 2.25. The van der Waals surface area contributed by atoms with E-state index in [4.69, 9.17) is 4.74 Å². The monoisotopic (exact) mass is 342 g/mol. The highest BCUT2D eigenvalue weighted by molar-refractivity contribution is 6.04. The topological polar surface area (TPSA) is 76.1 Å². The van der Waals surface area contributed by atoms with Gasteiger partial charge in [-0.25, -0.2) is 9.97 Å². The average Bonchev–Trinajstić information content (AvgIpc) is 2.58. The Morgan fingerprint density at radius 1 is 1.16 bits per heavy atom. The van der Waals surface area contributed by atoms with Gasteiger partial charge in [0.15, 0.2) is 0 Å². The minimum absolute atomic E-state index is 0.286. The van der Waals surface area contributed by atoms with E-state index in [1.165, 1.54) is 0 Å². The van der Waals surface area contributed by atoms with E-state index < -0.39 is 0 Å². The van der Waals surface area contributed by atoms with Crippen LogP contribution in [0.25, 0.3) is 0 Å². The van der Waals surface area contributed by atoms with Crippen molar-refractivity contribution in [2.24, 2.45) is 0 Å². The molecule has 134 valence electrons. The van der Waals surface area contributed by atoms with Gasteiger partial charge in [-0.2, -0.15) is 0 Å². The fourth-order valence-corrected chi connectivity index (χ4v) is 2.44. The molecule has 0 unspecified atom stereocenters. The Labute approximate surface area is 149 Å². The van der Waals surface area contributed by atoms with E-state index in [9.17, 15) is 4.79 Å². The van der Waals surface area contributed by atoms with Crippen molar-refractivity contribution >= 4 is 17.5 Å². The Bertz CT molecular complexity index is 731. The first-order chi connectivity index (χ1) is 12.0. The van der Waals surface area contributed by atoms with Crippen LogP contribution in [0.2, 0.25) is 0 Å². The van der Waals surface area contributed by atoms with Gasteiger partial charge in [-0.05, 0) is 44.0 Å². The largest absolute Gasteiger partial charge is 0.495 e. The average molecular weight is 342 g/mol. The normalized spacial score (nSPS) is 10.4. The van der Waals surface area contributed by atoms with Crippen molar-refractivity contribution in [3.8, 4) is 5.75 Å². The molecule has 0 radical (unpaired) electrons. The number of nitrogens with one attached hydrogen (secondary N) is 2. The molecule has 1 heterocycles. The van der Waals surface area contributed by atoms with Crippen LogP contribution in [0.4, 0.5) is 11.6 Å². The first kappa shape index (κ1) is 18.7. The molecule has 1 aromatic heterocycles. The van der Waals surface area contributed by atoms with Crippen molar-refractivity contribution in [2.45, 2.75) is 40.0 Å². The number of hydrogen-bond acceptors (Lipinski definition) is 5. The zero-order valence-corrected chi connectivity index (χ0v) is 15.3. The SMILES string of the molecule is CCCCCNc1nc(C)cc(C(=O)Nc2cc(C)ccc2OC)n1. The number of unbranched alkanes of at least 4 members (excludes halogenated alkanes) is 2. The predicted octanol–water partition coefficient (Wildman–Crippen LogP) is 3.96. The summed E-state index contributed by atoms with van der Waals surface area (Å²) in [6.07, 6.45) is 3.36. The molecule has 0 aliphatic rings. The summed E-state index contributed by atoms with van der Waals surface area (Å²) in [4.78, 5) is 21.3. The molecule has 25 heavy (non-hydrogen) atoms. The maximum Gasteiger partial charge on any atom is 0.274 e. The standard InChI is InChI=1S/C19H26N4O2/c1-5-6-7-10-20-19-21-14(3)12-16(23-19)18(24)22-15-11-13(2)8-9-17(15)25-4/h8-9,11-12H,5-7,10H2,1-4H3,(H,22,24)(H,20,21,23). The van der Waals surface area contributed by atoms with Crippen molar-refractivity contribution in [1.29, 1.82) is 0 Å². The van der Waals surface area contributed by atoms with E-state index in [0.717, 1.165) is 37.1 Å². The van der Waals surface area contributed by atoms with Crippen molar-refractivity contribution in [3.05, 3.63) is 41.2 Å². The number of benzene rings is 1. The summed E-state index contributed by atoms with van der Waals surface area (Å²) in [5.41, 5.74) is 2.73. The lowest BCUT2D eigenvalue weighted by Gasteiger charge is -2.12. The molecule has 2 rings (SSSR count). The molecule has 0 bridgehead atoms. The highest BCUT2D eigenvalue weighted by atomic mass is 16.5. The molecule has 0 saturated carbocycles. The van der Waals surface area contributed by atoms with Crippen LogP contribution in [0.5, 0.6) is 5.75 Å². The van der Waals surface area contributed by atoms with Gasteiger partial charge in [0.25, 0.3) is 5.91 Å². The van der Waals surface area contributed by atoms with Gasteiger partial charge < -0.3 is 15.4 Å². The Morgan fingerprint density at radius 3 is 2.68 bits per heavy atom. The molecule has 6 nitrogen and oxygen atoms in total. The lowest BCUT2D eigenvalue weighted by Crippen LogP contribution is -2.17. The first-order valence-electron chi connectivity index (χ1n) is 8.59. The van der Waals surface area contributed by atoms with Crippen LogP contribution in [-0.2, 0) is 0 Å². The number of anilines is 2. The van der Waals surface area contributed by atoms with Crippen molar-refractivity contribution in [3.63, 3.8) is 0 Å². The molecular formula is C19H26N4O2. The van der Waals surface area contributed by atoms with E-state index in [2.05, 4.69) is 27.5 Å². The van der Waals surface area contributed by atoms with Gasteiger partial charge in [0.2, 0.25) is 5.95 Å². The highest BCUT2D eigenvalue weighted by Gasteiger charge is 2.13. The third-order valence-electron chi connectivity index (χ3n) is 3.75. The molecule has 2 aromatic rings. The molecule has 0 fully saturated rings. The maximum absolute atomic E-state index is 12.6. The van der Waals surface area contributed by atoms with Crippen LogP contribution in [-0.4, -0.2) is 29.5 Å². The lowest BCUT2D eigenvalue weighted by atomic mass is 10.2. The number of nitrogens with zero attached hydrogens (tertiary/aromatic N) is 2. The van der Waals surface area contributed by atoms with Crippen LogP contribution in [0.3, 0.4) is 0 Å². The molecule has 0 aliphatic carbocycles. The van der Waals surface area contributed by atoms with Gasteiger partial charge in [-0.3, -0.25) is 4.79 Å². The molecule has 0 saturated heterocycles. The van der Waals surface area contributed by atoms with Crippen LogP contribution in [0.15, 0.2) is 24.3 Å². The summed E-state index contributed by atoms with van der Waals surface area (Å²) in [5.74, 6) is 0.811. The Morgan fingerprint density at radius 2 is 1.96 bits per heavy atom. The summed E-state index contributed by atoms with van der Waals surface area (Å²) in [5, 5.41) is 6.05. The van der Waals surface area contributed by atoms with Gasteiger partial charge in [-0.15, -0.1) is 0 Å². The summed E-state index contributed by atoms with van der Waals surface area (Å²) in [7, 11) is 1.58. The zero-order valence-electron chi connectivity index (χ0n) is 15.3. The second-order valence-corrected chi connectivity index (χ2v) is 6.01. The number of amides is 1. The summed E-state index contributed by atoms with van der Waals surface area (Å²) >= 11 is 0. The number of aryl methyl sites for hydroxylation is 2. The number of rotatable bonds is 8. The third-order valence-corrected chi connectivity index (χ3v) is 3.75. The third kappa shape index (κ3) is 5.45. The molecule has 0 aliphatic heterocycles. The Kier molecular flexibility index (Phi) is 6.74. The number of ether oxygens (including phenoxy) is 1. The first-order valence-corrected chi connectivity index (χ1v) is 8.59. The molecular weight excluding hydrogens is 316 g/mol. The van der Waals surface area contributed by atoms with Gasteiger partial charge in [0, 0.05) is 12.2 Å². The Hall–Kier alpha value is -2.63. The molecule has 0 spiro atoms. The second-order valence-electron chi connectivity index (χ2n) is 6.01. The molecule has 0 atom stereocenters. The van der Waals surface area contributed by atoms with Gasteiger partial charge >= 0.3 is 0 Å². The second kappa shape index (κ2) is 9.01. The predicted molar refractivity (Wildman–Crippen MR) is 100 cm³/mol.